The molecule has 3 nitrogen and oxygen atoms in total. The van der Waals surface area contributed by atoms with Crippen molar-refractivity contribution < 1.29 is 0 Å². The van der Waals surface area contributed by atoms with Crippen LogP contribution in [0.1, 0.15) is 16.3 Å². The van der Waals surface area contributed by atoms with Crippen molar-refractivity contribution in [2.24, 2.45) is 0 Å². The van der Waals surface area contributed by atoms with E-state index in [1.807, 2.05) is 12.1 Å². The number of thioether (sulfide) groups is 1. The monoisotopic (exact) mass is 355 g/mol. The Balaban J connectivity index is 1.45. The SMILES string of the molecule is c1ccc(Cc2nc(CSc3ncnc4ccsc34)cs2)cc1. The van der Waals surface area contributed by atoms with Crippen LogP contribution in [0.3, 0.4) is 0 Å². The maximum Gasteiger partial charge on any atom is 0.118 e. The minimum Gasteiger partial charge on any atom is -0.245 e. The molecule has 0 bridgehead atoms. The summed E-state index contributed by atoms with van der Waals surface area (Å²) < 4.78 is 1.16. The molecule has 0 radical (unpaired) electrons. The van der Waals surface area contributed by atoms with Gasteiger partial charge in [-0.2, -0.15) is 0 Å². The minimum absolute atomic E-state index is 0.843. The average molecular weight is 356 g/mol. The fourth-order valence-corrected chi connectivity index (χ4v) is 5.05. The fraction of sp³-hybridized carbons (Fsp3) is 0.118. The van der Waals surface area contributed by atoms with Gasteiger partial charge in [0.25, 0.3) is 0 Å². The van der Waals surface area contributed by atoms with Crippen LogP contribution in [0.4, 0.5) is 0 Å². The fourth-order valence-electron chi connectivity index (χ4n) is 2.28. The Bertz CT molecular complexity index is 915. The summed E-state index contributed by atoms with van der Waals surface area (Å²) in [6, 6.07) is 12.5. The molecular weight excluding hydrogens is 342 g/mol. The van der Waals surface area contributed by atoms with Gasteiger partial charge in [-0.1, -0.05) is 42.1 Å². The van der Waals surface area contributed by atoms with Crippen molar-refractivity contribution in [2.75, 3.05) is 0 Å². The summed E-state index contributed by atoms with van der Waals surface area (Å²) in [5, 5.41) is 6.42. The molecule has 0 fully saturated rings. The molecule has 0 unspecified atom stereocenters. The zero-order valence-corrected chi connectivity index (χ0v) is 14.6. The molecular formula is C17H13N3S3. The molecule has 23 heavy (non-hydrogen) atoms. The number of benzene rings is 1. The minimum atomic E-state index is 0.843. The van der Waals surface area contributed by atoms with E-state index in [2.05, 4.69) is 45.0 Å². The van der Waals surface area contributed by atoms with Gasteiger partial charge in [0, 0.05) is 17.6 Å². The van der Waals surface area contributed by atoms with E-state index >= 15 is 0 Å². The third kappa shape index (κ3) is 3.44. The van der Waals surface area contributed by atoms with Crippen LogP contribution in [0.15, 0.2) is 58.5 Å². The van der Waals surface area contributed by atoms with Gasteiger partial charge in [-0.3, -0.25) is 0 Å². The first-order valence-corrected chi connectivity index (χ1v) is 9.91. The van der Waals surface area contributed by atoms with E-state index in [9.17, 15) is 0 Å². The van der Waals surface area contributed by atoms with Crippen molar-refractivity contribution in [3.63, 3.8) is 0 Å². The molecule has 4 aromatic rings. The van der Waals surface area contributed by atoms with Gasteiger partial charge in [-0.05, 0) is 17.0 Å². The van der Waals surface area contributed by atoms with Crippen LogP contribution in [-0.2, 0) is 12.2 Å². The summed E-state index contributed by atoms with van der Waals surface area (Å²) in [7, 11) is 0. The third-order valence-electron chi connectivity index (χ3n) is 3.36. The van der Waals surface area contributed by atoms with Gasteiger partial charge in [-0.25, -0.2) is 15.0 Å². The normalized spacial score (nSPS) is 11.1. The summed E-state index contributed by atoms with van der Waals surface area (Å²) in [6.45, 7) is 0. The highest BCUT2D eigenvalue weighted by Gasteiger charge is 2.08. The second-order valence-corrected chi connectivity index (χ2v) is 7.82. The van der Waals surface area contributed by atoms with Crippen molar-refractivity contribution in [1.82, 2.24) is 15.0 Å². The van der Waals surface area contributed by atoms with Gasteiger partial charge in [-0.15, -0.1) is 22.7 Å². The predicted octanol–water partition coefficient (Wildman–Crippen LogP) is 5.03. The molecule has 1 aromatic carbocycles. The molecule has 0 saturated heterocycles. The van der Waals surface area contributed by atoms with Crippen LogP contribution in [0.25, 0.3) is 10.2 Å². The van der Waals surface area contributed by atoms with Gasteiger partial charge in [0.15, 0.2) is 0 Å². The Morgan fingerprint density at radius 1 is 1.00 bits per heavy atom. The van der Waals surface area contributed by atoms with Gasteiger partial charge in [0.2, 0.25) is 0 Å². The lowest BCUT2D eigenvalue weighted by Gasteiger charge is -2.00. The van der Waals surface area contributed by atoms with E-state index in [-0.39, 0.29) is 0 Å². The highest BCUT2D eigenvalue weighted by atomic mass is 32.2. The van der Waals surface area contributed by atoms with Gasteiger partial charge >= 0.3 is 0 Å². The maximum absolute atomic E-state index is 4.75. The molecule has 3 heterocycles. The molecule has 6 heteroatoms. The molecule has 3 aromatic heterocycles. The van der Waals surface area contributed by atoms with Crippen LogP contribution in [0.5, 0.6) is 0 Å². The number of fused-ring (bicyclic) bond motifs is 1. The molecule has 0 spiro atoms. The Kier molecular flexibility index (Phi) is 4.37. The number of hydrogen-bond acceptors (Lipinski definition) is 6. The first kappa shape index (κ1) is 14.8. The van der Waals surface area contributed by atoms with Crippen LogP contribution < -0.4 is 0 Å². The van der Waals surface area contributed by atoms with E-state index in [0.717, 1.165) is 38.1 Å². The average Bonchev–Trinajstić information content (AvgIpc) is 3.23. The number of nitrogens with zero attached hydrogens (tertiary/aromatic N) is 3. The van der Waals surface area contributed by atoms with Gasteiger partial charge in [0.1, 0.15) is 11.4 Å². The number of hydrogen-bond donors (Lipinski definition) is 0. The molecule has 0 amide bonds. The van der Waals surface area contributed by atoms with E-state index in [4.69, 9.17) is 4.98 Å². The summed E-state index contributed by atoms with van der Waals surface area (Å²) in [5.74, 6) is 0.843. The predicted molar refractivity (Wildman–Crippen MR) is 98.3 cm³/mol. The summed E-state index contributed by atoms with van der Waals surface area (Å²) in [4.78, 5) is 13.4. The second-order valence-electron chi connectivity index (χ2n) is 5.00. The highest BCUT2D eigenvalue weighted by molar-refractivity contribution is 7.98. The Morgan fingerprint density at radius 3 is 2.83 bits per heavy atom. The molecule has 4 rings (SSSR count). The second kappa shape index (κ2) is 6.78. The lowest BCUT2D eigenvalue weighted by Crippen LogP contribution is -1.89. The van der Waals surface area contributed by atoms with E-state index in [1.54, 1.807) is 40.8 Å². The summed E-state index contributed by atoms with van der Waals surface area (Å²) in [5.41, 5.74) is 3.45. The maximum atomic E-state index is 4.75. The molecule has 0 N–H and O–H groups in total. The summed E-state index contributed by atoms with van der Waals surface area (Å²) in [6.07, 6.45) is 2.54. The first-order valence-electron chi connectivity index (χ1n) is 7.17. The highest BCUT2D eigenvalue weighted by Crippen LogP contribution is 2.31. The first-order chi connectivity index (χ1) is 11.4. The van der Waals surface area contributed by atoms with Crippen molar-refractivity contribution in [3.8, 4) is 0 Å². The Labute approximate surface area is 146 Å². The van der Waals surface area contributed by atoms with E-state index in [0.29, 0.717) is 0 Å². The zero-order chi connectivity index (χ0) is 15.5. The van der Waals surface area contributed by atoms with Crippen LogP contribution in [-0.4, -0.2) is 15.0 Å². The molecule has 0 saturated carbocycles. The lowest BCUT2D eigenvalue weighted by molar-refractivity contribution is 1.08. The van der Waals surface area contributed by atoms with Crippen LogP contribution in [0, 0.1) is 0 Å². The van der Waals surface area contributed by atoms with Crippen molar-refractivity contribution >= 4 is 44.7 Å². The summed E-state index contributed by atoms with van der Waals surface area (Å²) >= 11 is 5.15. The molecule has 0 atom stereocenters. The van der Waals surface area contributed by atoms with E-state index < -0.39 is 0 Å². The Morgan fingerprint density at radius 2 is 1.91 bits per heavy atom. The number of thiazole rings is 1. The van der Waals surface area contributed by atoms with E-state index in [1.165, 1.54) is 5.56 Å². The standard InChI is InChI=1S/C17H13N3S3/c1-2-4-12(5-3-1)8-15-20-13(9-22-15)10-23-17-16-14(6-7-21-16)18-11-19-17/h1-7,9,11H,8,10H2. The number of rotatable bonds is 5. The van der Waals surface area contributed by atoms with Crippen LogP contribution >= 0.6 is 34.4 Å². The van der Waals surface area contributed by atoms with Gasteiger partial charge in [0.05, 0.1) is 20.9 Å². The Hall–Kier alpha value is -1.76. The number of thiophene rings is 1. The smallest absolute Gasteiger partial charge is 0.118 e. The zero-order valence-electron chi connectivity index (χ0n) is 12.2. The molecule has 0 aliphatic heterocycles. The largest absolute Gasteiger partial charge is 0.245 e. The molecule has 114 valence electrons. The van der Waals surface area contributed by atoms with Crippen molar-refractivity contribution in [2.45, 2.75) is 17.2 Å². The lowest BCUT2D eigenvalue weighted by atomic mass is 10.2. The number of aromatic nitrogens is 3. The van der Waals surface area contributed by atoms with Gasteiger partial charge < -0.3 is 0 Å². The third-order valence-corrected chi connectivity index (χ3v) is 6.33. The van der Waals surface area contributed by atoms with Crippen molar-refractivity contribution in [3.05, 3.63) is 69.8 Å². The molecule has 0 aliphatic rings. The topological polar surface area (TPSA) is 38.7 Å². The van der Waals surface area contributed by atoms with Crippen molar-refractivity contribution in [1.29, 1.82) is 0 Å². The van der Waals surface area contributed by atoms with Crippen LogP contribution in [0.2, 0.25) is 0 Å². The quantitative estimate of drug-likeness (QED) is 0.372. The molecule has 0 aliphatic carbocycles.